The van der Waals surface area contributed by atoms with Crippen LogP contribution in [-0.4, -0.2) is 4.57 Å². The molecule has 3 nitrogen and oxygen atoms in total. The zero-order valence-electron chi connectivity index (χ0n) is 43.7. The second-order valence-electron chi connectivity index (χ2n) is 22.3. The quantitative estimate of drug-likeness (QED) is 0.166. The molecule has 370 valence electrons. The summed E-state index contributed by atoms with van der Waals surface area (Å²) in [6.45, 7) is 4.72. The van der Waals surface area contributed by atoms with E-state index >= 15 is 0 Å². The van der Waals surface area contributed by atoms with E-state index in [1.807, 2.05) is 0 Å². The van der Waals surface area contributed by atoms with E-state index in [9.17, 15) is 0 Å². The van der Waals surface area contributed by atoms with E-state index in [0.29, 0.717) is 0 Å². The van der Waals surface area contributed by atoms with Crippen molar-refractivity contribution in [2.45, 2.75) is 24.7 Å². The molecule has 1 spiro atoms. The molecular formula is C76H50N2O. The number of fused-ring (bicyclic) bond motifs is 19. The van der Waals surface area contributed by atoms with Crippen molar-refractivity contribution in [3.63, 3.8) is 0 Å². The normalized spacial score (nSPS) is 13.9. The third-order valence-corrected chi connectivity index (χ3v) is 18.0. The smallest absolute Gasteiger partial charge is 0.137 e. The first-order valence-corrected chi connectivity index (χ1v) is 27.6. The molecule has 79 heavy (non-hydrogen) atoms. The average molecular weight is 1010 g/mol. The molecule has 12 aromatic carbocycles. The van der Waals surface area contributed by atoms with Gasteiger partial charge >= 0.3 is 0 Å². The minimum atomic E-state index is -0.498. The minimum Gasteiger partial charge on any atom is -0.456 e. The van der Waals surface area contributed by atoms with Gasteiger partial charge in [0.2, 0.25) is 0 Å². The summed E-state index contributed by atoms with van der Waals surface area (Å²) in [4.78, 5) is 2.52. The van der Waals surface area contributed by atoms with Crippen molar-refractivity contribution in [3.05, 3.63) is 300 Å². The van der Waals surface area contributed by atoms with Crippen molar-refractivity contribution in [1.82, 2.24) is 4.57 Å². The van der Waals surface area contributed by atoms with Gasteiger partial charge in [-0.15, -0.1) is 0 Å². The molecule has 17 rings (SSSR count). The van der Waals surface area contributed by atoms with E-state index in [2.05, 4.69) is 290 Å². The number of hydrogen-bond acceptors (Lipinski definition) is 2. The highest BCUT2D eigenvalue weighted by Crippen LogP contribution is 2.65. The van der Waals surface area contributed by atoms with E-state index < -0.39 is 5.41 Å². The SMILES string of the molecule is CC1(C)c2ccccc2-c2ccc(-c3ccc(N(c4cccc5c4-c4ccccc4C54c5ccccc5-c5ccccc54)c4cccc5oc6ccc(-c7ccc8c9ccccc9n(-c9ccccc9)c8c7)cc6c45)cc3)cc21. The molecule has 3 aliphatic carbocycles. The Morgan fingerprint density at radius 3 is 1.66 bits per heavy atom. The molecule has 0 aliphatic heterocycles. The predicted octanol–water partition coefficient (Wildman–Crippen LogP) is 20.1. The van der Waals surface area contributed by atoms with Crippen LogP contribution in [0, 0.1) is 0 Å². The molecule has 2 aromatic heterocycles. The lowest BCUT2D eigenvalue weighted by molar-refractivity contribution is 0.660. The summed E-state index contributed by atoms with van der Waals surface area (Å²) in [5.74, 6) is 0. The summed E-state index contributed by atoms with van der Waals surface area (Å²) in [7, 11) is 0. The van der Waals surface area contributed by atoms with Crippen LogP contribution in [0.15, 0.2) is 271 Å². The van der Waals surface area contributed by atoms with Gasteiger partial charge in [0.05, 0.1) is 33.2 Å². The minimum absolute atomic E-state index is 0.0960. The van der Waals surface area contributed by atoms with Crippen LogP contribution in [0.1, 0.15) is 47.2 Å². The van der Waals surface area contributed by atoms with Gasteiger partial charge in [-0.3, -0.25) is 0 Å². The maximum absolute atomic E-state index is 6.92. The summed E-state index contributed by atoms with van der Waals surface area (Å²) in [6.07, 6.45) is 0. The number of benzene rings is 12. The van der Waals surface area contributed by atoms with E-state index in [-0.39, 0.29) is 5.41 Å². The summed E-state index contributed by atoms with van der Waals surface area (Å²) < 4.78 is 9.32. The Morgan fingerprint density at radius 1 is 0.342 bits per heavy atom. The molecule has 0 saturated carbocycles. The highest BCUT2D eigenvalue weighted by molar-refractivity contribution is 6.16. The first-order chi connectivity index (χ1) is 38.9. The third kappa shape index (κ3) is 6.02. The molecule has 0 fully saturated rings. The molecule has 0 atom stereocenters. The molecule has 3 heteroatoms. The molecule has 0 amide bonds. The van der Waals surface area contributed by atoms with Crippen molar-refractivity contribution in [2.75, 3.05) is 4.90 Å². The zero-order valence-corrected chi connectivity index (χ0v) is 43.7. The summed E-state index contributed by atoms with van der Waals surface area (Å²) in [6, 6.07) is 99.2. The maximum atomic E-state index is 6.92. The van der Waals surface area contributed by atoms with Crippen molar-refractivity contribution in [2.24, 2.45) is 0 Å². The predicted molar refractivity (Wildman–Crippen MR) is 327 cm³/mol. The number of hydrogen-bond donors (Lipinski definition) is 0. The van der Waals surface area contributed by atoms with E-state index in [4.69, 9.17) is 4.42 Å². The monoisotopic (exact) mass is 1010 g/mol. The molecule has 3 aliphatic rings. The Kier molecular flexibility index (Phi) is 9.11. The number of rotatable bonds is 6. The fraction of sp³-hybridized carbons (Fsp3) is 0.0526. The van der Waals surface area contributed by atoms with Crippen molar-refractivity contribution in [1.29, 1.82) is 0 Å². The van der Waals surface area contributed by atoms with Gasteiger partial charge in [0, 0.05) is 38.5 Å². The number of nitrogens with zero attached hydrogens (tertiary/aromatic N) is 2. The first-order valence-electron chi connectivity index (χ1n) is 27.6. The lowest BCUT2D eigenvalue weighted by Crippen LogP contribution is -2.26. The summed E-state index contributed by atoms with van der Waals surface area (Å²) in [5.41, 5.74) is 28.3. The van der Waals surface area contributed by atoms with Crippen molar-refractivity contribution >= 4 is 60.8 Å². The molecule has 0 N–H and O–H groups in total. The van der Waals surface area contributed by atoms with Crippen LogP contribution in [0.25, 0.3) is 105 Å². The lowest BCUT2D eigenvalue weighted by Gasteiger charge is -2.32. The largest absolute Gasteiger partial charge is 0.456 e. The number of anilines is 3. The molecule has 0 radical (unpaired) electrons. The molecule has 0 bridgehead atoms. The van der Waals surface area contributed by atoms with Gasteiger partial charge in [0.1, 0.15) is 11.2 Å². The van der Waals surface area contributed by atoms with E-state index in [0.717, 1.165) is 55.8 Å². The van der Waals surface area contributed by atoms with Gasteiger partial charge in [-0.25, -0.2) is 0 Å². The molecule has 0 unspecified atom stereocenters. The van der Waals surface area contributed by atoms with Crippen LogP contribution < -0.4 is 4.90 Å². The van der Waals surface area contributed by atoms with Gasteiger partial charge in [-0.2, -0.15) is 0 Å². The fourth-order valence-corrected chi connectivity index (χ4v) is 14.6. The van der Waals surface area contributed by atoms with E-state index in [1.54, 1.807) is 0 Å². The summed E-state index contributed by atoms with van der Waals surface area (Å²) >= 11 is 0. The zero-order chi connectivity index (χ0) is 52.1. The Labute approximate surface area is 458 Å². The summed E-state index contributed by atoms with van der Waals surface area (Å²) in [5, 5.41) is 4.61. The lowest BCUT2D eigenvalue weighted by atomic mass is 9.70. The van der Waals surface area contributed by atoms with E-state index in [1.165, 1.54) is 99.7 Å². The standard InChI is InChI=1S/C76H50N2O/c1-75(2)61-25-11-6-20-53(61)56-41-36-49(45-66(56)75)47-34-39-52(40-35-47)78(68-31-16-29-65-73(68)59-24-9-14-28-64(59)76(65)62-26-12-7-21-54(62)55-22-8-13-27-63(55)76)69-32-17-33-72-74(69)60-44-48(38-43-71(60)79-72)50-37-42-58-57-23-10-15-30-67(57)77(70(58)46-50)51-18-4-3-5-19-51/h3-46H,1-2H3. The van der Waals surface area contributed by atoms with Crippen LogP contribution in [0.2, 0.25) is 0 Å². The Bertz CT molecular complexity index is 4830. The average Bonchev–Trinajstić information content (AvgIpc) is 4.47. The van der Waals surface area contributed by atoms with Gasteiger partial charge < -0.3 is 13.9 Å². The topological polar surface area (TPSA) is 21.3 Å². The van der Waals surface area contributed by atoms with Crippen LogP contribution in [0.3, 0.4) is 0 Å². The Balaban J connectivity index is 0.885. The Morgan fingerprint density at radius 2 is 0.886 bits per heavy atom. The van der Waals surface area contributed by atoms with Gasteiger partial charge in [0.25, 0.3) is 0 Å². The molecule has 0 saturated heterocycles. The highest BCUT2D eigenvalue weighted by atomic mass is 16.3. The number of aromatic nitrogens is 1. The fourth-order valence-electron chi connectivity index (χ4n) is 14.6. The van der Waals surface area contributed by atoms with Crippen molar-refractivity contribution < 1.29 is 4.42 Å². The van der Waals surface area contributed by atoms with Crippen molar-refractivity contribution in [3.8, 4) is 61.3 Å². The first kappa shape index (κ1) is 44.2. The number of furan rings is 1. The highest BCUT2D eigenvalue weighted by Gasteiger charge is 2.52. The van der Waals surface area contributed by atoms with Gasteiger partial charge in [-0.05, 0) is 156 Å². The van der Waals surface area contributed by atoms with Gasteiger partial charge in [-0.1, -0.05) is 208 Å². The molecule has 14 aromatic rings. The second kappa shape index (κ2) is 16.3. The van der Waals surface area contributed by atoms with Crippen LogP contribution >= 0.6 is 0 Å². The van der Waals surface area contributed by atoms with Crippen LogP contribution in [0.5, 0.6) is 0 Å². The number of para-hydroxylation sites is 2. The van der Waals surface area contributed by atoms with Crippen LogP contribution in [-0.2, 0) is 10.8 Å². The maximum Gasteiger partial charge on any atom is 0.137 e. The second-order valence-corrected chi connectivity index (χ2v) is 22.3. The van der Waals surface area contributed by atoms with Gasteiger partial charge in [0.15, 0.2) is 0 Å². The molecule has 2 heterocycles. The van der Waals surface area contributed by atoms with Crippen LogP contribution in [0.4, 0.5) is 17.1 Å². The molecular weight excluding hydrogens is 957 g/mol. The Hall–Kier alpha value is -9.96. The third-order valence-electron chi connectivity index (χ3n) is 18.0.